The minimum absolute atomic E-state index is 0.840. The Labute approximate surface area is 149 Å². The quantitative estimate of drug-likeness (QED) is 0.492. The van der Waals surface area contributed by atoms with Gasteiger partial charge in [0.25, 0.3) is 0 Å². The summed E-state index contributed by atoms with van der Waals surface area (Å²) in [4.78, 5) is 0. The van der Waals surface area contributed by atoms with E-state index in [1.54, 1.807) is 26.0 Å². The van der Waals surface area contributed by atoms with E-state index in [2.05, 4.69) is 18.7 Å². The first-order valence-corrected chi connectivity index (χ1v) is 9.28. The standard InChI is InChI=1S/C19H23N2O3P/c1-6-18(2,3)19(14-20,15-21)17(25(22,23-4)24-5)13-12-16-10-8-7-9-11-16/h6-13,17H,1H2,2-5H3/b13-12+. The van der Waals surface area contributed by atoms with Crippen LogP contribution >= 0.6 is 7.60 Å². The summed E-state index contributed by atoms with van der Waals surface area (Å²) in [6, 6.07) is 13.4. The maximum absolute atomic E-state index is 13.2. The van der Waals surface area contributed by atoms with Crippen LogP contribution in [0.15, 0.2) is 49.1 Å². The topological polar surface area (TPSA) is 83.1 Å². The zero-order valence-corrected chi connectivity index (χ0v) is 15.9. The van der Waals surface area contributed by atoms with Crippen LogP contribution in [0.3, 0.4) is 0 Å². The summed E-state index contributed by atoms with van der Waals surface area (Å²) < 4.78 is 23.4. The van der Waals surface area contributed by atoms with Gasteiger partial charge in [0.1, 0.15) is 5.66 Å². The predicted molar refractivity (Wildman–Crippen MR) is 98.5 cm³/mol. The fourth-order valence-corrected chi connectivity index (χ4v) is 4.37. The van der Waals surface area contributed by atoms with Gasteiger partial charge >= 0.3 is 7.60 Å². The molecular formula is C19H23N2O3P. The smallest absolute Gasteiger partial charge is 0.311 e. The molecule has 0 amide bonds. The monoisotopic (exact) mass is 358 g/mol. The Kier molecular flexibility index (Phi) is 6.91. The molecule has 25 heavy (non-hydrogen) atoms. The summed E-state index contributed by atoms with van der Waals surface area (Å²) in [6.45, 7) is 7.13. The number of nitriles is 2. The highest BCUT2D eigenvalue weighted by atomic mass is 31.2. The highest BCUT2D eigenvalue weighted by Gasteiger charge is 2.57. The third kappa shape index (κ3) is 3.91. The van der Waals surface area contributed by atoms with Crippen LogP contribution in [0, 0.1) is 33.5 Å². The average Bonchev–Trinajstić information content (AvgIpc) is 2.65. The number of allylic oxidation sites excluding steroid dienone is 2. The van der Waals surface area contributed by atoms with Gasteiger partial charge in [-0.15, -0.1) is 6.58 Å². The van der Waals surface area contributed by atoms with Crippen molar-refractivity contribution in [1.29, 1.82) is 10.5 Å². The maximum atomic E-state index is 13.2. The first kappa shape index (κ1) is 20.9. The van der Waals surface area contributed by atoms with Crippen molar-refractivity contribution in [3.8, 4) is 12.1 Å². The van der Waals surface area contributed by atoms with Crippen LogP contribution in [-0.4, -0.2) is 19.9 Å². The van der Waals surface area contributed by atoms with Crippen molar-refractivity contribution in [2.45, 2.75) is 19.5 Å². The van der Waals surface area contributed by atoms with Crippen molar-refractivity contribution in [3.63, 3.8) is 0 Å². The summed E-state index contributed by atoms with van der Waals surface area (Å²) in [6.07, 6.45) is 4.78. The van der Waals surface area contributed by atoms with Gasteiger partial charge in [-0.3, -0.25) is 4.57 Å². The minimum Gasteiger partial charge on any atom is -0.311 e. The molecule has 1 aromatic rings. The summed E-state index contributed by atoms with van der Waals surface area (Å²) in [5, 5.41) is 19.8. The Hall–Kier alpha value is -2.17. The Balaban J connectivity index is 3.63. The van der Waals surface area contributed by atoms with Crippen LogP contribution < -0.4 is 0 Å². The second kappa shape index (κ2) is 8.28. The molecule has 0 aliphatic rings. The van der Waals surface area contributed by atoms with E-state index in [0.29, 0.717) is 0 Å². The fraction of sp³-hybridized carbons (Fsp3) is 0.368. The molecule has 0 aliphatic carbocycles. The highest BCUT2D eigenvalue weighted by Crippen LogP contribution is 2.62. The Bertz CT molecular complexity index is 735. The molecule has 0 bridgehead atoms. The van der Waals surface area contributed by atoms with Crippen LogP contribution in [0.4, 0.5) is 0 Å². The molecule has 1 atom stereocenters. The lowest BCUT2D eigenvalue weighted by Crippen LogP contribution is -2.43. The third-order valence-corrected chi connectivity index (χ3v) is 6.70. The van der Waals surface area contributed by atoms with Crippen molar-refractivity contribution in [1.82, 2.24) is 0 Å². The van der Waals surface area contributed by atoms with E-state index in [4.69, 9.17) is 9.05 Å². The number of rotatable bonds is 8. The van der Waals surface area contributed by atoms with Crippen molar-refractivity contribution in [2.24, 2.45) is 10.8 Å². The van der Waals surface area contributed by atoms with Crippen LogP contribution in [0.5, 0.6) is 0 Å². The van der Waals surface area contributed by atoms with E-state index in [0.717, 1.165) is 5.56 Å². The zero-order valence-electron chi connectivity index (χ0n) is 15.0. The maximum Gasteiger partial charge on any atom is 0.339 e. The van der Waals surface area contributed by atoms with Crippen LogP contribution in [-0.2, 0) is 13.6 Å². The Morgan fingerprint density at radius 2 is 1.68 bits per heavy atom. The second-order valence-electron chi connectivity index (χ2n) is 6.08. The summed E-state index contributed by atoms with van der Waals surface area (Å²) in [5.74, 6) is 0. The molecule has 0 fully saturated rings. The van der Waals surface area contributed by atoms with Gasteiger partial charge in [-0.25, -0.2) is 0 Å². The summed E-state index contributed by atoms with van der Waals surface area (Å²) in [5.41, 5.74) is -2.91. The lowest BCUT2D eigenvalue weighted by Gasteiger charge is -2.40. The molecule has 0 saturated carbocycles. The SMILES string of the molecule is C=CC(C)(C)C(C#N)(C#N)C(/C=C/c1ccccc1)P(=O)(OC)OC. The molecular weight excluding hydrogens is 335 g/mol. The number of benzene rings is 1. The lowest BCUT2D eigenvalue weighted by atomic mass is 9.65. The van der Waals surface area contributed by atoms with Crippen LogP contribution in [0.1, 0.15) is 19.4 Å². The van der Waals surface area contributed by atoms with Crippen molar-refractivity contribution in [2.75, 3.05) is 14.2 Å². The van der Waals surface area contributed by atoms with Gasteiger partial charge in [-0.1, -0.05) is 62.4 Å². The van der Waals surface area contributed by atoms with Crippen molar-refractivity contribution in [3.05, 3.63) is 54.6 Å². The molecule has 0 saturated heterocycles. The third-order valence-electron chi connectivity index (χ3n) is 4.44. The van der Waals surface area contributed by atoms with Gasteiger partial charge in [0.05, 0.1) is 12.1 Å². The van der Waals surface area contributed by atoms with Crippen molar-refractivity contribution >= 4 is 13.7 Å². The van der Waals surface area contributed by atoms with Gasteiger partial charge in [-0.2, -0.15) is 10.5 Å². The molecule has 1 rings (SSSR count). The molecule has 0 heterocycles. The van der Waals surface area contributed by atoms with Crippen LogP contribution in [0.25, 0.3) is 6.08 Å². The zero-order chi connectivity index (χ0) is 19.1. The molecule has 5 nitrogen and oxygen atoms in total. The first-order valence-electron chi connectivity index (χ1n) is 7.67. The molecule has 0 N–H and O–H groups in total. The predicted octanol–water partition coefficient (Wildman–Crippen LogP) is 4.80. The van der Waals surface area contributed by atoms with E-state index >= 15 is 0 Å². The normalized spacial score (nSPS) is 13.8. The molecule has 132 valence electrons. The van der Waals surface area contributed by atoms with Gasteiger partial charge < -0.3 is 9.05 Å². The van der Waals surface area contributed by atoms with Crippen molar-refractivity contribution < 1.29 is 13.6 Å². The molecule has 0 aromatic heterocycles. The van der Waals surface area contributed by atoms with Gasteiger partial charge in [0.2, 0.25) is 0 Å². The number of nitrogens with zero attached hydrogens (tertiary/aromatic N) is 2. The van der Waals surface area contributed by atoms with Gasteiger partial charge in [0, 0.05) is 19.6 Å². The molecule has 1 unspecified atom stereocenters. The van der Waals surface area contributed by atoms with E-state index in [1.807, 2.05) is 30.3 Å². The highest BCUT2D eigenvalue weighted by molar-refractivity contribution is 7.55. The van der Waals surface area contributed by atoms with E-state index < -0.39 is 24.1 Å². The van der Waals surface area contributed by atoms with Gasteiger partial charge in [-0.05, 0) is 5.56 Å². The first-order chi connectivity index (χ1) is 11.8. The van der Waals surface area contributed by atoms with E-state index in [1.165, 1.54) is 20.3 Å². The largest absolute Gasteiger partial charge is 0.339 e. The summed E-state index contributed by atoms with van der Waals surface area (Å²) in [7, 11) is -1.28. The average molecular weight is 358 g/mol. The molecule has 6 heteroatoms. The minimum atomic E-state index is -3.77. The summed E-state index contributed by atoms with van der Waals surface area (Å²) >= 11 is 0. The number of hydrogen-bond acceptors (Lipinski definition) is 5. The Morgan fingerprint density at radius 1 is 1.16 bits per heavy atom. The van der Waals surface area contributed by atoms with E-state index in [9.17, 15) is 15.1 Å². The molecule has 0 spiro atoms. The lowest BCUT2D eigenvalue weighted by molar-refractivity contribution is 0.216. The molecule has 0 radical (unpaired) electrons. The molecule has 1 aromatic carbocycles. The second-order valence-corrected chi connectivity index (χ2v) is 8.44. The molecule has 0 aliphatic heterocycles. The number of hydrogen-bond donors (Lipinski definition) is 0. The van der Waals surface area contributed by atoms with Gasteiger partial charge in [0.15, 0.2) is 5.41 Å². The van der Waals surface area contributed by atoms with E-state index in [-0.39, 0.29) is 0 Å². The fourth-order valence-electron chi connectivity index (χ4n) is 2.54. The van der Waals surface area contributed by atoms with Crippen LogP contribution in [0.2, 0.25) is 0 Å². The Morgan fingerprint density at radius 3 is 2.08 bits per heavy atom.